The van der Waals surface area contributed by atoms with Gasteiger partial charge in [-0.2, -0.15) is 0 Å². The highest BCUT2D eigenvalue weighted by Gasteiger charge is 2.36. The molecule has 3 aromatic carbocycles. The maximum Gasteiger partial charge on any atom is 0.140 e. The molecule has 0 aliphatic heterocycles. The van der Waals surface area contributed by atoms with E-state index in [4.69, 9.17) is 11.5 Å². The minimum Gasteiger partial charge on any atom is -0.324 e. The Morgan fingerprint density at radius 2 is 1.65 bits per heavy atom. The zero-order valence-corrected chi connectivity index (χ0v) is 17.5. The van der Waals surface area contributed by atoms with E-state index in [1.165, 1.54) is 5.56 Å². The number of hydrogen-bond acceptors (Lipinski definition) is 3. The number of nitrogens with two attached hydrogens (primary N) is 2. The van der Waals surface area contributed by atoms with Gasteiger partial charge in [0.05, 0.1) is 17.6 Å². The van der Waals surface area contributed by atoms with Crippen molar-refractivity contribution >= 4 is 6.08 Å². The first-order chi connectivity index (χ1) is 15.1. The SMILES string of the molecule is CC(c1ccccc1)n1ccnc1-c1ccc(C2(N)C=Cc3ccccc3C2N)cc1. The fourth-order valence-electron chi connectivity index (χ4n) is 4.46. The van der Waals surface area contributed by atoms with Crippen molar-refractivity contribution in [3.05, 3.63) is 120 Å². The van der Waals surface area contributed by atoms with Crippen molar-refractivity contribution in [2.75, 3.05) is 0 Å². The summed E-state index contributed by atoms with van der Waals surface area (Å²) in [5, 5.41) is 0. The second-order valence-corrected chi connectivity index (χ2v) is 8.20. The van der Waals surface area contributed by atoms with Gasteiger partial charge in [0.15, 0.2) is 0 Å². The number of hydrogen-bond donors (Lipinski definition) is 2. The maximum absolute atomic E-state index is 6.83. The lowest BCUT2D eigenvalue weighted by atomic mass is 9.75. The topological polar surface area (TPSA) is 69.9 Å². The number of fused-ring (bicyclic) bond motifs is 1. The van der Waals surface area contributed by atoms with E-state index in [1.807, 2.05) is 36.7 Å². The average molecular weight is 407 g/mol. The lowest BCUT2D eigenvalue weighted by Gasteiger charge is -2.37. The Bertz CT molecular complexity index is 1220. The Kier molecular flexibility index (Phi) is 4.81. The average Bonchev–Trinajstić information content (AvgIpc) is 3.32. The van der Waals surface area contributed by atoms with Crippen LogP contribution in [0.15, 0.2) is 97.3 Å². The number of nitrogens with zero attached hydrogens (tertiary/aromatic N) is 2. The molecule has 3 atom stereocenters. The highest BCUT2D eigenvalue weighted by Crippen LogP contribution is 2.39. The summed E-state index contributed by atoms with van der Waals surface area (Å²) in [4.78, 5) is 4.63. The van der Waals surface area contributed by atoms with Crippen molar-refractivity contribution in [1.82, 2.24) is 9.55 Å². The molecule has 154 valence electrons. The van der Waals surface area contributed by atoms with Gasteiger partial charge in [0, 0.05) is 18.0 Å². The van der Waals surface area contributed by atoms with Gasteiger partial charge in [-0.05, 0) is 29.2 Å². The number of aromatic nitrogens is 2. The van der Waals surface area contributed by atoms with E-state index in [0.29, 0.717) is 0 Å². The van der Waals surface area contributed by atoms with E-state index in [9.17, 15) is 0 Å². The molecule has 0 spiro atoms. The van der Waals surface area contributed by atoms with Crippen molar-refractivity contribution in [3.63, 3.8) is 0 Å². The fourth-order valence-corrected chi connectivity index (χ4v) is 4.46. The molecule has 1 aliphatic rings. The van der Waals surface area contributed by atoms with E-state index in [2.05, 4.69) is 83.2 Å². The molecule has 1 aromatic heterocycles. The third kappa shape index (κ3) is 3.30. The predicted molar refractivity (Wildman–Crippen MR) is 126 cm³/mol. The molecule has 0 amide bonds. The van der Waals surface area contributed by atoms with Crippen molar-refractivity contribution in [2.24, 2.45) is 11.5 Å². The van der Waals surface area contributed by atoms with Gasteiger partial charge in [0.25, 0.3) is 0 Å². The van der Waals surface area contributed by atoms with Gasteiger partial charge in [-0.3, -0.25) is 0 Å². The van der Waals surface area contributed by atoms with E-state index >= 15 is 0 Å². The van der Waals surface area contributed by atoms with Gasteiger partial charge in [-0.25, -0.2) is 4.98 Å². The zero-order chi connectivity index (χ0) is 21.4. The summed E-state index contributed by atoms with van der Waals surface area (Å²) in [5.74, 6) is 0.933. The summed E-state index contributed by atoms with van der Waals surface area (Å²) in [6.45, 7) is 2.19. The molecular weight excluding hydrogens is 380 g/mol. The zero-order valence-electron chi connectivity index (χ0n) is 17.5. The third-order valence-corrected chi connectivity index (χ3v) is 6.40. The Balaban J connectivity index is 1.47. The molecule has 5 rings (SSSR count). The maximum atomic E-state index is 6.83. The molecule has 1 aliphatic carbocycles. The Morgan fingerprint density at radius 1 is 0.935 bits per heavy atom. The summed E-state index contributed by atoms with van der Waals surface area (Å²) in [7, 11) is 0. The van der Waals surface area contributed by atoms with E-state index in [1.54, 1.807) is 0 Å². The fraction of sp³-hybridized carbons (Fsp3) is 0.148. The number of rotatable bonds is 4. The highest BCUT2D eigenvalue weighted by molar-refractivity contribution is 5.63. The first-order valence-corrected chi connectivity index (χ1v) is 10.6. The second-order valence-electron chi connectivity index (χ2n) is 8.20. The van der Waals surface area contributed by atoms with Gasteiger partial charge in [-0.15, -0.1) is 0 Å². The monoisotopic (exact) mass is 406 g/mol. The molecule has 1 heterocycles. The molecule has 4 nitrogen and oxygen atoms in total. The van der Waals surface area contributed by atoms with Crippen LogP contribution in [0.2, 0.25) is 0 Å². The molecule has 31 heavy (non-hydrogen) atoms. The van der Waals surface area contributed by atoms with Gasteiger partial charge in [-0.1, -0.05) is 91.0 Å². The molecule has 4 heteroatoms. The van der Waals surface area contributed by atoms with E-state index < -0.39 is 5.54 Å². The predicted octanol–water partition coefficient (Wildman–Crippen LogP) is 5.04. The second kappa shape index (κ2) is 7.65. The number of benzene rings is 3. The van der Waals surface area contributed by atoms with Crippen LogP contribution in [0.4, 0.5) is 0 Å². The van der Waals surface area contributed by atoms with E-state index in [0.717, 1.165) is 28.1 Å². The Hall–Kier alpha value is -3.47. The normalized spacial score (nSPS) is 20.9. The summed E-state index contributed by atoms with van der Waals surface area (Å²) in [5.41, 5.74) is 18.2. The van der Waals surface area contributed by atoms with Crippen molar-refractivity contribution < 1.29 is 0 Å². The first kappa shape index (κ1) is 19.5. The molecule has 4 aromatic rings. The van der Waals surface area contributed by atoms with Crippen LogP contribution in [0.25, 0.3) is 17.5 Å². The summed E-state index contributed by atoms with van der Waals surface area (Å²) in [6, 6.07) is 26.8. The summed E-state index contributed by atoms with van der Waals surface area (Å²) >= 11 is 0. The van der Waals surface area contributed by atoms with Crippen molar-refractivity contribution in [1.29, 1.82) is 0 Å². The number of imidazole rings is 1. The molecule has 0 bridgehead atoms. The molecule has 0 saturated heterocycles. The first-order valence-electron chi connectivity index (χ1n) is 10.6. The summed E-state index contributed by atoms with van der Waals surface area (Å²) in [6.07, 6.45) is 7.97. The van der Waals surface area contributed by atoms with Crippen LogP contribution in [0.1, 0.15) is 41.3 Å². The van der Waals surface area contributed by atoms with Crippen molar-refractivity contribution in [3.8, 4) is 11.4 Å². The van der Waals surface area contributed by atoms with Crippen LogP contribution in [0.5, 0.6) is 0 Å². The smallest absolute Gasteiger partial charge is 0.140 e. The molecule has 3 unspecified atom stereocenters. The van der Waals surface area contributed by atoms with Crippen LogP contribution < -0.4 is 11.5 Å². The van der Waals surface area contributed by atoms with Gasteiger partial charge >= 0.3 is 0 Å². The molecule has 4 N–H and O–H groups in total. The van der Waals surface area contributed by atoms with Crippen LogP contribution in [-0.2, 0) is 5.54 Å². The molecule has 0 saturated carbocycles. The van der Waals surface area contributed by atoms with Crippen LogP contribution >= 0.6 is 0 Å². The lowest BCUT2D eigenvalue weighted by Crippen LogP contribution is -2.46. The Labute approximate surface area is 182 Å². The van der Waals surface area contributed by atoms with Crippen LogP contribution in [0.3, 0.4) is 0 Å². The lowest BCUT2D eigenvalue weighted by molar-refractivity contribution is 0.445. The molecular formula is C27H26N4. The largest absolute Gasteiger partial charge is 0.324 e. The Morgan fingerprint density at radius 3 is 2.42 bits per heavy atom. The van der Waals surface area contributed by atoms with Gasteiger partial charge in [0.1, 0.15) is 5.82 Å². The molecule has 0 radical (unpaired) electrons. The summed E-state index contributed by atoms with van der Waals surface area (Å²) < 4.78 is 2.20. The van der Waals surface area contributed by atoms with Gasteiger partial charge in [0.2, 0.25) is 0 Å². The van der Waals surface area contributed by atoms with Gasteiger partial charge < -0.3 is 16.0 Å². The molecule has 0 fully saturated rings. The highest BCUT2D eigenvalue weighted by atomic mass is 15.1. The minimum atomic E-state index is -0.750. The quantitative estimate of drug-likeness (QED) is 0.499. The minimum absolute atomic E-state index is 0.186. The third-order valence-electron chi connectivity index (χ3n) is 6.40. The van der Waals surface area contributed by atoms with E-state index in [-0.39, 0.29) is 12.1 Å². The van der Waals surface area contributed by atoms with Crippen molar-refractivity contribution in [2.45, 2.75) is 24.5 Å². The van der Waals surface area contributed by atoms with Crippen LogP contribution in [0, 0.1) is 0 Å². The standard InChI is InChI=1S/C27H26N4/c1-19(20-7-3-2-4-8-20)31-18-17-30-26(31)22-11-13-23(14-12-22)27(29)16-15-21-9-5-6-10-24(21)25(27)28/h2-19,25H,28-29H2,1H3. The van der Waals surface area contributed by atoms with Crippen LogP contribution in [-0.4, -0.2) is 9.55 Å².